The van der Waals surface area contributed by atoms with Crippen LogP contribution in [0.4, 0.5) is 13.2 Å². The number of hydrogen-bond donors (Lipinski definition) is 1. The molecular formula is C9H7BrF3NO4. The smallest absolute Gasteiger partial charge is 0.465 e. The lowest BCUT2D eigenvalue weighted by Gasteiger charge is -2.13. The zero-order valence-electron chi connectivity index (χ0n) is 8.93. The third kappa shape index (κ3) is 3.49. The van der Waals surface area contributed by atoms with Crippen molar-refractivity contribution in [2.24, 2.45) is 0 Å². The van der Waals surface area contributed by atoms with Crippen LogP contribution in [-0.4, -0.2) is 24.4 Å². The van der Waals surface area contributed by atoms with Gasteiger partial charge in [0.15, 0.2) is 0 Å². The van der Waals surface area contributed by atoms with Gasteiger partial charge >= 0.3 is 12.3 Å². The number of carbonyl (C=O) groups excluding carboxylic acids is 1. The molecule has 0 saturated carbocycles. The summed E-state index contributed by atoms with van der Waals surface area (Å²) in [6.45, 7) is 0. The molecule has 0 aliphatic rings. The summed E-state index contributed by atoms with van der Waals surface area (Å²) in [6.07, 6.45) is -4.98. The molecule has 1 aromatic heterocycles. The van der Waals surface area contributed by atoms with E-state index in [0.717, 1.165) is 13.2 Å². The molecule has 5 nitrogen and oxygen atoms in total. The van der Waals surface area contributed by atoms with E-state index in [1.54, 1.807) is 0 Å². The molecule has 100 valence electrons. The number of hydrogen-bond acceptors (Lipinski definition) is 4. The SMILES string of the molecule is COC(=O)c1cc(=O)[nH]c(OC(F)(F)F)c1CBr. The molecule has 0 saturated heterocycles. The van der Waals surface area contributed by atoms with E-state index in [0.29, 0.717) is 0 Å². The Morgan fingerprint density at radius 3 is 2.56 bits per heavy atom. The highest BCUT2D eigenvalue weighted by Crippen LogP contribution is 2.27. The van der Waals surface area contributed by atoms with E-state index in [-0.39, 0.29) is 16.5 Å². The van der Waals surface area contributed by atoms with Crippen LogP contribution in [0.5, 0.6) is 5.88 Å². The maximum absolute atomic E-state index is 12.1. The number of aromatic nitrogens is 1. The largest absolute Gasteiger partial charge is 0.574 e. The van der Waals surface area contributed by atoms with Gasteiger partial charge in [0, 0.05) is 17.0 Å². The fraction of sp³-hybridized carbons (Fsp3) is 0.333. The van der Waals surface area contributed by atoms with E-state index in [4.69, 9.17) is 0 Å². The number of nitrogens with one attached hydrogen (secondary N) is 1. The van der Waals surface area contributed by atoms with Crippen LogP contribution >= 0.6 is 15.9 Å². The van der Waals surface area contributed by atoms with Crippen molar-refractivity contribution in [2.45, 2.75) is 11.7 Å². The van der Waals surface area contributed by atoms with Crippen molar-refractivity contribution in [1.82, 2.24) is 4.98 Å². The molecular weight excluding hydrogens is 323 g/mol. The van der Waals surface area contributed by atoms with E-state index in [1.807, 2.05) is 4.98 Å². The second kappa shape index (κ2) is 5.42. The van der Waals surface area contributed by atoms with Crippen LogP contribution in [0.1, 0.15) is 15.9 Å². The molecule has 1 heterocycles. The number of alkyl halides is 4. The highest BCUT2D eigenvalue weighted by Gasteiger charge is 2.33. The minimum Gasteiger partial charge on any atom is -0.465 e. The minimum atomic E-state index is -4.98. The normalized spacial score (nSPS) is 11.2. The zero-order chi connectivity index (χ0) is 13.9. The predicted octanol–water partition coefficient (Wildman–Crippen LogP) is 1.96. The van der Waals surface area contributed by atoms with Crippen LogP contribution in [0.3, 0.4) is 0 Å². The molecule has 1 aromatic rings. The molecule has 1 rings (SSSR count). The van der Waals surface area contributed by atoms with Gasteiger partial charge in [0.05, 0.1) is 12.7 Å². The lowest BCUT2D eigenvalue weighted by molar-refractivity contribution is -0.276. The predicted molar refractivity (Wildman–Crippen MR) is 57.7 cm³/mol. The maximum Gasteiger partial charge on any atom is 0.574 e. The molecule has 1 N–H and O–H groups in total. The van der Waals surface area contributed by atoms with Crippen molar-refractivity contribution in [1.29, 1.82) is 0 Å². The molecule has 0 aliphatic carbocycles. The van der Waals surface area contributed by atoms with Crippen molar-refractivity contribution in [3.8, 4) is 5.88 Å². The quantitative estimate of drug-likeness (QED) is 0.680. The zero-order valence-corrected chi connectivity index (χ0v) is 10.5. The first kappa shape index (κ1) is 14.6. The summed E-state index contributed by atoms with van der Waals surface area (Å²) in [4.78, 5) is 24.4. The number of pyridine rings is 1. The second-order valence-corrected chi connectivity index (χ2v) is 3.59. The van der Waals surface area contributed by atoms with Crippen molar-refractivity contribution in [2.75, 3.05) is 7.11 Å². The first-order valence-electron chi connectivity index (χ1n) is 4.44. The first-order chi connectivity index (χ1) is 8.28. The summed E-state index contributed by atoms with van der Waals surface area (Å²) in [6, 6.07) is 0.839. The average molecular weight is 330 g/mol. The lowest BCUT2D eigenvalue weighted by atomic mass is 10.1. The average Bonchev–Trinajstić information content (AvgIpc) is 2.25. The Bertz CT molecular complexity index is 512. The second-order valence-electron chi connectivity index (χ2n) is 3.03. The van der Waals surface area contributed by atoms with Gasteiger partial charge in [-0.15, -0.1) is 13.2 Å². The molecule has 0 amide bonds. The van der Waals surface area contributed by atoms with Crippen LogP contribution in [-0.2, 0) is 10.1 Å². The van der Waals surface area contributed by atoms with Gasteiger partial charge in [-0.2, -0.15) is 0 Å². The minimum absolute atomic E-state index is 0.125. The van der Waals surface area contributed by atoms with E-state index in [9.17, 15) is 22.8 Å². The number of rotatable bonds is 3. The fourth-order valence-electron chi connectivity index (χ4n) is 1.19. The molecule has 18 heavy (non-hydrogen) atoms. The molecule has 0 fully saturated rings. The van der Waals surface area contributed by atoms with E-state index < -0.39 is 23.8 Å². The van der Waals surface area contributed by atoms with E-state index >= 15 is 0 Å². The summed E-state index contributed by atoms with van der Waals surface area (Å²) in [5.41, 5.74) is -1.35. The molecule has 0 aromatic carbocycles. The van der Waals surface area contributed by atoms with Crippen LogP contribution in [0.25, 0.3) is 0 Å². The Balaban J connectivity index is 3.38. The third-order valence-electron chi connectivity index (χ3n) is 1.87. The molecule has 0 bridgehead atoms. The van der Waals surface area contributed by atoms with Crippen LogP contribution in [0.2, 0.25) is 0 Å². The van der Waals surface area contributed by atoms with Gasteiger partial charge in [-0.3, -0.25) is 9.78 Å². The van der Waals surface area contributed by atoms with Gasteiger partial charge < -0.3 is 9.47 Å². The number of aromatic amines is 1. The van der Waals surface area contributed by atoms with Crippen LogP contribution in [0, 0.1) is 0 Å². The Labute approximate surface area is 107 Å². The number of ether oxygens (including phenoxy) is 2. The summed E-state index contributed by atoms with van der Waals surface area (Å²) < 4.78 is 44.4. The van der Waals surface area contributed by atoms with Crippen molar-refractivity contribution < 1.29 is 27.4 Å². The summed E-state index contributed by atoms with van der Waals surface area (Å²) in [5.74, 6) is -1.77. The van der Waals surface area contributed by atoms with E-state index in [1.165, 1.54) is 0 Å². The number of halogens is 4. The summed E-state index contributed by atoms with van der Waals surface area (Å²) in [7, 11) is 1.05. The topological polar surface area (TPSA) is 68.4 Å². The van der Waals surface area contributed by atoms with E-state index in [2.05, 4.69) is 25.4 Å². The molecule has 0 unspecified atom stereocenters. The Morgan fingerprint density at radius 1 is 1.50 bits per heavy atom. The third-order valence-corrected chi connectivity index (χ3v) is 2.43. The number of H-pyrrole nitrogens is 1. The van der Waals surface area contributed by atoms with Crippen molar-refractivity contribution in [3.05, 3.63) is 27.5 Å². The Hall–Kier alpha value is -1.51. The lowest BCUT2D eigenvalue weighted by Crippen LogP contribution is -2.23. The molecule has 0 atom stereocenters. The Kier molecular flexibility index (Phi) is 4.38. The summed E-state index contributed by atoms with van der Waals surface area (Å²) >= 11 is 2.91. The molecule has 0 spiro atoms. The fourth-order valence-corrected chi connectivity index (χ4v) is 1.75. The number of esters is 1. The van der Waals surface area contributed by atoms with Gasteiger partial charge in [0.2, 0.25) is 5.88 Å². The van der Waals surface area contributed by atoms with Crippen molar-refractivity contribution >= 4 is 21.9 Å². The molecule has 0 aliphatic heterocycles. The van der Waals surface area contributed by atoms with Crippen LogP contribution < -0.4 is 10.3 Å². The first-order valence-corrected chi connectivity index (χ1v) is 5.57. The van der Waals surface area contributed by atoms with Gasteiger partial charge in [0.1, 0.15) is 0 Å². The standard InChI is InChI=1S/C9H7BrF3NO4/c1-17-8(16)4-2-6(15)14-7(5(4)3-10)18-9(11,12)13/h2H,3H2,1H3,(H,14,15). The van der Waals surface area contributed by atoms with Gasteiger partial charge in [-0.05, 0) is 0 Å². The number of carbonyl (C=O) groups is 1. The Morgan fingerprint density at radius 2 is 2.11 bits per heavy atom. The molecule has 9 heteroatoms. The maximum atomic E-state index is 12.1. The highest BCUT2D eigenvalue weighted by atomic mass is 79.9. The molecule has 0 radical (unpaired) electrons. The summed E-state index contributed by atoms with van der Waals surface area (Å²) in [5, 5.41) is -0.125. The van der Waals surface area contributed by atoms with Crippen LogP contribution in [0.15, 0.2) is 10.9 Å². The monoisotopic (exact) mass is 329 g/mol. The highest BCUT2D eigenvalue weighted by molar-refractivity contribution is 9.08. The van der Waals surface area contributed by atoms with Gasteiger partial charge in [0.25, 0.3) is 5.56 Å². The van der Waals surface area contributed by atoms with Crippen molar-refractivity contribution in [3.63, 3.8) is 0 Å². The number of methoxy groups -OCH3 is 1. The van der Waals surface area contributed by atoms with Gasteiger partial charge in [-0.25, -0.2) is 4.79 Å². The van der Waals surface area contributed by atoms with Gasteiger partial charge in [-0.1, -0.05) is 15.9 Å².